The highest BCUT2D eigenvalue weighted by atomic mass is 35.5. The summed E-state index contributed by atoms with van der Waals surface area (Å²) in [5.41, 5.74) is 3.57. The van der Waals surface area contributed by atoms with Crippen molar-refractivity contribution in [3.05, 3.63) is 44.3 Å². The van der Waals surface area contributed by atoms with Crippen LogP contribution < -0.4 is 10.9 Å². The van der Waals surface area contributed by atoms with Crippen LogP contribution in [-0.4, -0.2) is 21.9 Å². The van der Waals surface area contributed by atoms with Gasteiger partial charge in [0.2, 0.25) is 0 Å². The third kappa shape index (κ3) is 4.00. The van der Waals surface area contributed by atoms with Gasteiger partial charge in [0.25, 0.3) is 5.56 Å². The van der Waals surface area contributed by atoms with Crippen LogP contribution in [0.4, 0.5) is 5.69 Å². The number of aromatic nitrogens is 2. The molecule has 0 atom stereocenters. The molecule has 5 nitrogen and oxygen atoms in total. The van der Waals surface area contributed by atoms with Gasteiger partial charge in [-0.3, -0.25) is 14.2 Å². The van der Waals surface area contributed by atoms with Crippen LogP contribution in [0.25, 0.3) is 11.4 Å². The molecule has 0 unspecified atom stereocenters. The fraction of sp³-hybridized carbons (Fsp3) is 0.500. The van der Waals surface area contributed by atoms with E-state index < -0.39 is 0 Å². The zero-order valence-electron chi connectivity index (χ0n) is 16.9. The number of carbonyl (C=O) groups is 1. The standard InChI is InChI=1S/C22H28ClN3O2/c1-4-6-7-11-24-20-14(3)25-21(26(5-2)22(20)28)17-12-15-9-8-10-19(27)16(15)13-18(17)23/h12-13,24H,4-11H2,1-3H3. The summed E-state index contributed by atoms with van der Waals surface area (Å²) in [4.78, 5) is 30.0. The number of halogens is 1. The molecule has 6 heteroatoms. The van der Waals surface area contributed by atoms with E-state index in [9.17, 15) is 9.59 Å². The molecule has 1 N–H and O–H groups in total. The summed E-state index contributed by atoms with van der Waals surface area (Å²) in [5, 5.41) is 3.73. The molecule has 0 aliphatic heterocycles. The Hall–Kier alpha value is -2.14. The van der Waals surface area contributed by atoms with Crippen LogP contribution in [-0.2, 0) is 13.0 Å². The Kier molecular flexibility index (Phi) is 6.55. The quantitative estimate of drug-likeness (QED) is 0.662. The van der Waals surface area contributed by atoms with Gasteiger partial charge in [-0.05, 0) is 50.8 Å². The number of anilines is 1. The van der Waals surface area contributed by atoms with Crippen LogP contribution in [0.3, 0.4) is 0 Å². The number of Topliss-reactive ketones (excluding diaryl/α,β-unsaturated/α-hetero) is 1. The minimum atomic E-state index is -0.0774. The van der Waals surface area contributed by atoms with E-state index in [1.54, 1.807) is 10.6 Å². The molecule has 1 aromatic carbocycles. The minimum absolute atomic E-state index is 0.0774. The molecular weight excluding hydrogens is 374 g/mol. The molecule has 1 aromatic heterocycles. The number of rotatable bonds is 7. The first kappa shape index (κ1) is 20.6. The van der Waals surface area contributed by atoms with Gasteiger partial charge in [-0.25, -0.2) is 4.98 Å². The number of ketones is 1. The van der Waals surface area contributed by atoms with Crippen molar-refractivity contribution in [1.29, 1.82) is 0 Å². The summed E-state index contributed by atoms with van der Waals surface area (Å²) < 4.78 is 1.66. The SMILES string of the molecule is CCCCCNc1c(C)nc(-c2cc3c(cc2Cl)C(=O)CCC3)n(CC)c1=O. The Bertz CT molecular complexity index is 950. The van der Waals surface area contributed by atoms with Gasteiger partial charge in [0, 0.05) is 30.6 Å². The third-order valence-electron chi connectivity index (χ3n) is 5.33. The van der Waals surface area contributed by atoms with E-state index in [0.717, 1.165) is 49.8 Å². The third-order valence-corrected chi connectivity index (χ3v) is 5.65. The zero-order chi connectivity index (χ0) is 20.3. The molecule has 0 spiro atoms. The van der Waals surface area contributed by atoms with Gasteiger partial charge in [-0.2, -0.15) is 0 Å². The highest BCUT2D eigenvalue weighted by Gasteiger charge is 2.22. The molecule has 0 saturated carbocycles. The van der Waals surface area contributed by atoms with Crippen LogP contribution in [0.1, 0.15) is 67.6 Å². The van der Waals surface area contributed by atoms with Gasteiger partial charge in [-0.15, -0.1) is 0 Å². The lowest BCUT2D eigenvalue weighted by molar-refractivity contribution is 0.0972. The zero-order valence-corrected chi connectivity index (χ0v) is 17.7. The predicted molar refractivity (Wildman–Crippen MR) is 115 cm³/mol. The maximum Gasteiger partial charge on any atom is 0.277 e. The molecule has 2 aromatic rings. The molecule has 3 rings (SSSR count). The lowest BCUT2D eigenvalue weighted by Gasteiger charge is -2.20. The molecule has 0 radical (unpaired) electrons. The Balaban J connectivity index is 2.05. The van der Waals surface area contributed by atoms with Gasteiger partial charge in [-0.1, -0.05) is 31.4 Å². The molecular formula is C22H28ClN3O2. The average Bonchev–Trinajstić information content (AvgIpc) is 2.67. The van der Waals surface area contributed by atoms with Gasteiger partial charge >= 0.3 is 0 Å². The maximum atomic E-state index is 13.1. The summed E-state index contributed by atoms with van der Waals surface area (Å²) in [5.74, 6) is 0.702. The second-order valence-corrected chi connectivity index (χ2v) is 7.75. The van der Waals surface area contributed by atoms with Crippen molar-refractivity contribution in [1.82, 2.24) is 9.55 Å². The summed E-state index contributed by atoms with van der Waals surface area (Å²) in [6, 6.07) is 3.68. The lowest BCUT2D eigenvalue weighted by atomic mass is 9.89. The molecule has 0 saturated heterocycles. The van der Waals surface area contributed by atoms with Crippen LogP contribution in [0.15, 0.2) is 16.9 Å². The molecule has 0 fully saturated rings. The Morgan fingerprint density at radius 1 is 1.14 bits per heavy atom. The first-order chi connectivity index (χ1) is 13.5. The number of nitrogens with one attached hydrogen (secondary N) is 1. The fourth-order valence-electron chi connectivity index (χ4n) is 3.78. The van der Waals surface area contributed by atoms with Gasteiger partial charge < -0.3 is 5.32 Å². The van der Waals surface area contributed by atoms with Crippen LogP contribution >= 0.6 is 11.6 Å². The average molecular weight is 402 g/mol. The molecule has 1 heterocycles. The van der Waals surface area contributed by atoms with Crippen molar-refractivity contribution in [2.24, 2.45) is 0 Å². The highest BCUT2D eigenvalue weighted by molar-refractivity contribution is 6.33. The normalized spacial score (nSPS) is 13.5. The smallest absolute Gasteiger partial charge is 0.277 e. The van der Waals surface area contributed by atoms with Crippen molar-refractivity contribution in [3.8, 4) is 11.4 Å². The second kappa shape index (κ2) is 8.91. The monoisotopic (exact) mass is 401 g/mol. The number of nitrogens with zero attached hydrogens (tertiary/aromatic N) is 2. The second-order valence-electron chi connectivity index (χ2n) is 7.35. The molecule has 1 aliphatic carbocycles. The van der Waals surface area contributed by atoms with Crippen molar-refractivity contribution in [2.45, 2.75) is 65.8 Å². The van der Waals surface area contributed by atoms with Crippen LogP contribution in [0.5, 0.6) is 0 Å². The lowest BCUT2D eigenvalue weighted by Crippen LogP contribution is -2.27. The van der Waals surface area contributed by atoms with Crippen molar-refractivity contribution >= 4 is 23.1 Å². The largest absolute Gasteiger partial charge is 0.379 e. The van der Waals surface area contributed by atoms with Gasteiger partial charge in [0.05, 0.1) is 10.7 Å². The summed E-state index contributed by atoms with van der Waals surface area (Å²) in [6.45, 7) is 7.19. The van der Waals surface area contributed by atoms with Crippen LogP contribution in [0.2, 0.25) is 5.02 Å². The van der Waals surface area contributed by atoms with E-state index in [2.05, 4.69) is 12.2 Å². The van der Waals surface area contributed by atoms with Gasteiger partial charge in [0.1, 0.15) is 11.5 Å². The van der Waals surface area contributed by atoms with Crippen molar-refractivity contribution in [3.63, 3.8) is 0 Å². The predicted octanol–water partition coefficient (Wildman–Crippen LogP) is 5.01. The first-order valence-electron chi connectivity index (χ1n) is 10.2. The number of benzene rings is 1. The van der Waals surface area contributed by atoms with E-state index in [0.29, 0.717) is 40.8 Å². The number of hydrogen-bond donors (Lipinski definition) is 1. The molecule has 28 heavy (non-hydrogen) atoms. The Morgan fingerprint density at radius 2 is 1.93 bits per heavy atom. The van der Waals surface area contributed by atoms with Crippen molar-refractivity contribution < 1.29 is 4.79 Å². The number of fused-ring (bicyclic) bond motifs is 1. The van der Waals surface area contributed by atoms with E-state index in [-0.39, 0.29) is 11.3 Å². The Labute approximate surface area is 171 Å². The van der Waals surface area contributed by atoms with Crippen molar-refractivity contribution in [2.75, 3.05) is 11.9 Å². The number of hydrogen-bond acceptors (Lipinski definition) is 4. The maximum absolute atomic E-state index is 13.1. The van der Waals surface area contributed by atoms with E-state index >= 15 is 0 Å². The molecule has 0 bridgehead atoms. The van der Waals surface area contributed by atoms with Gasteiger partial charge in [0.15, 0.2) is 5.78 Å². The van der Waals surface area contributed by atoms with E-state index in [4.69, 9.17) is 16.6 Å². The van der Waals surface area contributed by atoms with Crippen LogP contribution in [0, 0.1) is 6.92 Å². The summed E-state index contributed by atoms with van der Waals surface area (Å²) in [7, 11) is 0. The fourth-order valence-corrected chi connectivity index (χ4v) is 4.03. The highest BCUT2D eigenvalue weighted by Crippen LogP contribution is 2.33. The number of aryl methyl sites for hydroxylation is 2. The molecule has 1 aliphatic rings. The number of unbranched alkanes of at least 4 members (excludes halogenated alkanes) is 2. The summed E-state index contributed by atoms with van der Waals surface area (Å²) in [6.07, 6.45) is 5.55. The molecule has 150 valence electrons. The van der Waals surface area contributed by atoms with E-state index in [1.165, 1.54) is 0 Å². The topological polar surface area (TPSA) is 64.0 Å². The summed E-state index contributed by atoms with van der Waals surface area (Å²) >= 11 is 6.53. The minimum Gasteiger partial charge on any atom is -0.379 e. The number of carbonyl (C=O) groups excluding carboxylic acids is 1. The Morgan fingerprint density at radius 3 is 2.64 bits per heavy atom. The first-order valence-corrected chi connectivity index (χ1v) is 10.6. The van der Waals surface area contributed by atoms with E-state index in [1.807, 2.05) is 19.9 Å². The molecule has 0 amide bonds.